The largest absolute Gasteiger partial charge is 0.299 e. The molecule has 2 rings (SSSR count). The molecule has 1 aliphatic rings. The van der Waals surface area contributed by atoms with Crippen molar-refractivity contribution in [1.29, 1.82) is 0 Å². The molecule has 1 fully saturated rings. The average molecular weight is 328 g/mol. The van der Waals surface area contributed by atoms with E-state index in [1.807, 2.05) is 6.07 Å². The molecule has 0 aromatic heterocycles. The zero-order valence-electron chi connectivity index (χ0n) is 12.0. The summed E-state index contributed by atoms with van der Waals surface area (Å²) >= 11 is 3.45. The van der Waals surface area contributed by atoms with E-state index >= 15 is 0 Å². The minimum Gasteiger partial charge on any atom is -0.299 e. The van der Waals surface area contributed by atoms with Gasteiger partial charge in [0.15, 0.2) is 0 Å². The molecule has 0 radical (unpaired) electrons. The molecule has 19 heavy (non-hydrogen) atoms. The number of nitrogens with zero attached hydrogens (tertiary/aromatic N) is 1. The van der Waals surface area contributed by atoms with Crippen molar-refractivity contribution in [2.75, 3.05) is 7.05 Å². The third-order valence-electron chi connectivity index (χ3n) is 4.37. The standard InChI is InChI=1S/C16H23BrFN/c1-16(2)8-6-14(7-9-16)19(3)11-12-4-5-13(18)10-15(12)17/h4-5,10,14H,6-9,11H2,1-3H3. The van der Waals surface area contributed by atoms with E-state index in [0.29, 0.717) is 11.5 Å². The lowest BCUT2D eigenvalue weighted by molar-refractivity contribution is 0.123. The molecule has 0 atom stereocenters. The van der Waals surface area contributed by atoms with Crippen LogP contribution in [-0.4, -0.2) is 18.0 Å². The topological polar surface area (TPSA) is 3.24 Å². The Balaban J connectivity index is 1.96. The Bertz CT molecular complexity index is 434. The van der Waals surface area contributed by atoms with Crippen LogP contribution in [0.15, 0.2) is 22.7 Å². The van der Waals surface area contributed by atoms with Gasteiger partial charge in [-0.2, -0.15) is 0 Å². The van der Waals surface area contributed by atoms with Gasteiger partial charge < -0.3 is 0 Å². The Hall–Kier alpha value is -0.410. The third kappa shape index (κ3) is 4.03. The maximum Gasteiger partial charge on any atom is 0.124 e. The van der Waals surface area contributed by atoms with Crippen molar-refractivity contribution < 1.29 is 4.39 Å². The quantitative estimate of drug-likeness (QED) is 0.756. The van der Waals surface area contributed by atoms with Crippen molar-refractivity contribution in [2.45, 2.75) is 52.1 Å². The maximum absolute atomic E-state index is 13.1. The second-order valence-electron chi connectivity index (χ2n) is 6.55. The van der Waals surface area contributed by atoms with Gasteiger partial charge in [0.1, 0.15) is 5.82 Å². The number of hydrogen-bond acceptors (Lipinski definition) is 1. The number of hydrogen-bond donors (Lipinski definition) is 0. The van der Waals surface area contributed by atoms with E-state index in [4.69, 9.17) is 0 Å². The van der Waals surface area contributed by atoms with Crippen LogP contribution in [0.5, 0.6) is 0 Å². The van der Waals surface area contributed by atoms with Crippen LogP contribution in [0.3, 0.4) is 0 Å². The van der Waals surface area contributed by atoms with Gasteiger partial charge in [0, 0.05) is 17.1 Å². The number of benzene rings is 1. The second-order valence-corrected chi connectivity index (χ2v) is 7.40. The normalized spacial score (nSPS) is 19.9. The van der Waals surface area contributed by atoms with Crippen LogP contribution in [-0.2, 0) is 6.54 Å². The van der Waals surface area contributed by atoms with E-state index in [9.17, 15) is 4.39 Å². The third-order valence-corrected chi connectivity index (χ3v) is 5.11. The van der Waals surface area contributed by atoms with E-state index < -0.39 is 0 Å². The molecule has 1 saturated carbocycles. The van der Waals surface area contributed by atoms with E-state index in [0.717, 1.165) is 16.6 Å². The summed E-state index contributed by atoms with van der Waals surface area (Å²) in [5.41, 5.74) is 1.67. The first-order valence-electron chi connectivity index (χ1n) is 7.01. The Kier molecular flexibility index (Phi) is 4.67. The van der Waals surface area contributed by atoms with Crippen LogP contribution in [0.4, 0.5) is 4.39 Å². The zero-order chi connectivity index (χ0) is 14.0. The molecule has 106 valence electrons. The predicted octanol–water partition coefficient (Wildman–Crippen LogP) is 4.99. The van der Waals surface area contributed by atoms with Gasteiger partial charge in [-0.15, -0.1) is 0 Å². The van der Waals surface area contributed by atoms with Crippen molar-refractivity contribution in [1.82, 2.24) is 4.90 Å². The summed E-state index contributed by atoms with van der Waals surface area (Å²) in [5.74, 6) is -0.183. The summed E-state index contributed by atoms with van der Waals surface area (Å²) in [6.45, 7) is 5.60. The average Bonchev–Trinajstić information content (AvgIpc) is 2.32. The van der Waals surface area contributed by atoms with E-state index in [1.165, 1.54) is 31.7 Å². The predicted molar refractivity (Wildman–Crippen MR) is 81.6 cm³/mol. The second kappa shape index (κ2) is 5.92. The van der Waals surface area contributed by atoms with Gasteiger partial charge in [0.05, 0.1) is 0 Å². The molecule has 0 aliphatic heterocycles. The summed E-state index contributed by atoms with van der Waals surface area (Å²) in [7, 11) is 2.18. The first kappa shape index (κ1) is 15.0. The van der Waals surface area contributed by atoms with Crippen LogP contribution < -0.4 is 0 Å². The minimum atomic E-state index is -0.183. The number of rotatable bonds is 3. The first-order chi connectivity index (χ1) is 8.87. The first-order valence-corrected chi connectivity index (χ1v) is 7.81. The molecular formula is C16H23BrFN. The molecule has 0 spiro atoms. The van der Waals surface area contributed by atoms with Gasteiger partial charge in [0.2, 0.25) is 0 Å². The monoisotopic (exact) mass is 327 g/mol. The van der Waals surface area contributed by atoms with Crippen molar-refractivity contribution in [3.63, 3.8) is 0 Å². The SMILES string of the molecule is CN(Cc1ccc(F)cc1Br)C1CCC(C)(C)CC1. The van der Waals surface area contributed by atoms with Gasteiger partial charge in [-0.3, -0.25) is 4.90 Å². The van der Waals surface area contributed by atoms with E-state index in [-0.39, 0.29) is 5.82 Å². The van der Waals surface area contributed by atoms with Crippen LogP contribution in [0, 0.1) is 11.2 Å². The molecule has 0 heterocycles. The van der Waals surface area contributed by atoms with E-state index in [1.54, 1.807) is 6.07 Å². The summed E-state index contributed by atoms with van der Waals surface area (Å²) in [6, 6.07) is 5.62. The Morgan fingerprint density at radius 2 is 1.95 bits per heavy atom. The van der Waals surface area contributed by atoms with Gasteiger partial charge in [-0.25, -0.2) is 4.39 Å². The maximum atomic E-state index is 13.1. The van der Waals surface area contributed by atoms with Gasteiger partial charge in [-0.05, 0) is 55.8 Å². The molecule has 0 saturated heterocycles. The fourth-order valence-electron chi connectivity index (χ4n) is 2.87. The summed E-state index contributed by atoms with van der Waals surface area (Å²) < 4.78 is 14.0. The zero-order valence-corrected chi connectivity index (χ0v) is 13.6. The van der Waals surface area contributed by atoms with Crippen molar-refractivity contribution in [2.24, 2.45) is 5.41 Å². The molecule has 0 bridgehead atoms. The van der Waals surface area contributed by atoms with Crippen LogP contribution in [0.1, 0.15) is 45.1 Å². The van der Waals surface area contributed by atoms with Crippen LogP contribution in [0.2, 0.25) is 0 Å². The van der Waals surface area contributed by atoms with Crippen molar-refractivity contribution in [3.05, 3.63) is 34.1 Å². The fourth-order valence-corrected chi connectivity index (χ4v) is 3.35. The molecule has 0 N–H and O–H groups in total. The highest BCUT2D eigenvalue weighted by Gasteiger charge is 2.28. The molecule has 1 aromatic carbocycles. The number of halogens is 2. The fraction of sp³-hybridized carbons (Fsp3) is 0.625. The van der Waals surface area contributed by atoms with Gasteiger partial charge in [-0.1, -0.05) is 35.8 Å². The lowest BCUT2D eigenvalue weighted by atomic mass is 9.75. The van der Waals surface area contributed by atoms with Crippen LogP contribution in [0.25, 0.3) is 0 Å². The summed E-state index contributed by atoms with van der Waals surface area (Å²) in [5, 5.41) is 0. The molecule has 1 nitrogen and oxygen atoms in total. The Morgan fingerprint density at radius 1 is 1.32 bits per heavy atom. The lowest BCUT2D eigenvalue weighted by Gasteiger charge is -2.38. The van der Waals surface area contributed by atoms with Gasteiger partial charge >= 0.3 is 0 Å². The highest BCUT2D eigenvalue weighted by atomic mass is 79.9. The highest BCUT2D eigenvalue weighted by molar-refractivity contribution is 9.10. The smallest absolute Gasteiger partial charge is 0.124 e. The molecule has 0 amide bonds. The summed E-state index contributed by atoms with van der Waals surface area (Å²) in [6.07, 6.45) is 5.13. The Labute approximate surface area is 124 Å². The highest BCUT2D eigenvalue weighted by Crippen LogP contribution is 2.37. The van der Waals surface area contributed by atoms with Crippen molar-refractivity contribution in [3.8, 4) is 0 Å². The molecule has 1 aliphatic carbocycles. The molecular weight excluding hydrogens is 305 g/mol. The van der Waals surface area contributed by atoms with Crippen molar-refractivity contribution >= 4 is 15.9 Å². The Morgan fingerprint density at radius 3 is 2.53 bits per heavy atom. The molecule has 3 heteroatoms. The minimum absolute atomic E-state index is 0.183. The van der Waals surface area contributed by atoms with Crippen LogP contribution >= 0.6 is 15.9 Å². The summed E-state index contributed by atoms with van der Waals surface area (Å²) in [4.78, 5) is 2.41. The van der Waals surface area contributed by atoms with Gasteiger partial charge in [0.25, 0.3) is 0 Å². The molecule has 1 aromatic rings. The molecule has 0 unspecified atom stereocenters. The van der Waals surface area contributed by atoms with E-state index in [2.05, 4.69) is 41.7 Å². The lowest BCUT2D eigenvalue weighted by Crippen LogP contribution is -2.36.